The molecule has 82 valence electrons. The van der Waals surface area contributed by atoms with E-state index in [1.165, 1.54) is 0 Å². The van der Waals surface area contributed by atoms with Crippen LogP contribution in [0.1, 0.15) is 31.4 Å². The number of amidine groups is 1. The first-order valence-electron chi connectivity index (χ1n) is 5.16. The molecule has 0 heterocycles. The molecular weight excluding hydrogens is 188 g/mol. The third-order valence-electron chi connectivity index (χ3n) is 2.40. The minimum absolute atomic E-state index is 0.0731. The highest BCUT2D eigenvalue weighted by Gasteiger charge is 2.06. The summed E-state index contributed by atoms with van der Waals surface area (Å²) in [6.45, 7) is 6.09. The molecule has 1 aromatic rings. The zero-order valence-electron chi connectivity index (χ0n) is 9.50. The summed E-state index contributed by atoms with van der Waals surface area (Å²) in [5, 5.41) is 7.35. The molecule has 0 bridgehead atoms. The number of nitrogens with one attached hydrogen (secondary N) is 1. The third kappa shape index (κ3) is 2.98. The van der Waals surface area contributed by atoms with Gasteiger partial charge in [-0.3, -0.25) is 5.41 Å². The minimum Gasteiger partial charge on any atom is -0.490 e. The summed E-state index contributed by atoms with van der Waals surface area (Å²) in [5.41, 5.74) is 7.20. The van der Waals surface area contributed by atoms with Crippen molar-refractivity contribution in [3.05, 3.63) is 29.3 Å². The van der Waals surface area contributed by atoms with Gasteiger partial charge in [0.15, 0.2) is 0 Å². The molecule has 3 N–H and O–H groups in total. The standard InChI is InChI=1S/C12H18N2O/c1-4-9(3)15-11-7-10(12(13)14)6-5-8(11)2/h5-7,9H,4H2,1-3H3,(H3,13,14). The van der Waals surface area contributed by atoms with E-state index in [1.54, 1.807) is 0 Å². The van der Waals surface area contributed by atoms with E-state index in [-0.39, 0.29) is 11.9 Å². The van der Waals surface area contributed by atoms with E-state index < -0.39 is 0 Å². The Hall–Kier alpha value is -1.51. The van der Waals surface area contributed by atoms with Gasteiger partial charge in [0, 0.05) is 5.56 Å². The number of aryl methyl sites for hydroxylation is 1. The van der Waals surface area contributed by atoms with Crippen molar-refractivity contribution in [2.45, 2.75) is 33.3 Å². The molecule has 0 amide bonds. The Morgan fingerprint density at radius 2 is 2.20 bits per heavy atom. The van der Waals surface area contributed by atoms with Crippen molar-refractivity contribution < 1.29 is 4.74 Å². The summed E-state index contributed by atoms with van der Waals surface area (Å²) in [5.74, 6) is 0.890. The Labute approximate surface area is 90.8 Å². The van der Waals surface area contributed by atoms with E-state index in [1.807, 2.05) is 32.0 Å². The zero-order valence-corrected chi connectivity index (χ0v) is 9.50. The summed E-state index contributed by atoms with van der Waals surface area (Å²) in [6.07, 6.45) is 1.15. The maximum atomic E-state index is 7.35. The van der Waals surface area contributed by atoms with Crippen LogP contribution in [-0.2, 0) is 0 Å². The highest BCUT2D eigenvalue weighted by molar-refractivity contribution is 5.95. The van der Waals surface area contributed by atoms with Crippen molar-refractivity contribution >= 4 is 5.84 Å². The van der Waals surface area contributed by atoms with Crippen LogP contribution in [0.4, 0.5) is 0 Å². The molecule has 15 heavy (non-hydrogen) atoms. The fourth-order valence-corrected chi connectivity index (χ4v) is 1.19. The van der Waals surface area contributed by atoms with Crippen molar-refractivity contribution in [2.24, 2.45) is 5.73 Å². The molecule has 0 aliphatic rings. The second kappa shape index (κ2) is 4.82. The molecule has 0 aliphatic carbocycles. The van der Waals surface area contributed by atoms with Gasteiger partial charge in [0.1, 0.15) is 11.6 Å². The van der Waals surface area contributed by atoms with Crippen molar-refractivity contribution in [2.75, 3.05) is 0 Å². The lowest BCUT2D eigenvalue weighted by atomic mass is 10.1. The molecule has 0 aliphatic heterocycles. The van der Waals surface area contributed by atoms with E-state index in [0.717, 1.165) is 17.7 Å². The highest BCUT2D eigenvalue weighted by atomic mass is 16.5. The van der Waals surface area contributed by atoms with Crippen LogP contribution in [0.3, 0.4) is 0 Å². The summed E-state index contributed by atoms with van der Waals surface area (Å²) in [6, 6.07) is 5.58. The Balaban J connectivity index is 2.95. The van der Waals surface area contributed by atoms with Crippen molar-refractivity contribution in [3.8, 4) is 5.75 Å². The Bertz CT molecular complexity index is 361. The molecular formula is C12H18N2O. The van der Waals surface area contributed by atoms with E-state index >= 15 is 0 Å². The van der Waals surface area contributed by atoms with Gasteiger partial charge in [-0.25, -0.2) is 0 Å². The summed E-state index contributed by atoms with van der Waals surface area (Å²) in [7, 11) is 0. The fraction of sp³-hybridized carbons (Fsp3) is 0.417. The quantitative estimate of drug-likeness (QED) is 0.587. The zero-order chi connectivity index (χ0) is 11.4. The smallest absolute Gasteiger partial charge is 0.123 e. The molecule has 0 fully saturated rings. The molecule has 1 unspecified atom stereocenters. The maximum absolute atomic E-state index is 7.35. The van der Waals surface area contributed by atoms with Gasteiger partial charge in [-0.05, 0) is 31.9 Å². The topological polar surface area (TPSA) is 59.1 Å². The molecule has 1 rings (SSSR count). The van der Waals surface area contributed by atoms with Crippen molar-refractivity contribution in [1.82, 2.24) is 0 Å². The number of benzene rings is 1. The Morgan fingerprint density at radius 3 is 2.73 bits per heavy atom. The molecule has 0 radical (unpaired) electrons. The fourth-order valence-electron chi connectivity index (χ4n) is 1.19. The molecule has 0 spiro atoms. The number of nitrogens with two attached hydrogens (primary N) is 1. The van der Waals surface area contributed by atoms with Gasteiger partial charge in [0.05, 0.1) is 6.10 Å². The van der Waals surface area contributed by atoms with E-state index in [4.69, 9.17) is 15.9 Å². The minimum atomic E-state index is 0.0731. The van der Waals surface area contributed by atoms with Crippen LogP contribution in [-0.4, -0.2) is 11.9 Å². The van der Waals surface area contributed by atoms with Gasteiger partial charge >= 0.3 is 0 Å². The van der Waals surface area contributed by atoms with Crippen LogP contribution in [0.5, 0.6) is 5.75 Å². The van der Waals surface area contributed by atoms with Gasteiger partial charge in [-0.2, -0.15) is 0 Å². The maximum Gasteiger partial charge on any atom is 0.123 e. The lowest BCUT2D eigenvalue weighted by molar-refractivity contribution is 0.216. The number of hydrogen-bond acceptors (Lipinski definition) is 2. The van der Waals surface area contributed by atoms with Crippen molar-refractivity contribution in [1.29, 1.82) is 5.41 Å². The van der Waals surface area contributed by atoms with Gasteiger partial charge in [-0.15, -0.1) is 0 Å². The average Bonchev–Trinajstić information content (AvgIpc) is 2.20. The molecule has 3 heteroatoms. The predicted molar refractivity (Wildman–Crippen MR) is 62.6 cm³/mol. The number of nitrogen functional groups attached to an aromatic ring is 1. The molecule has 0 saturated heterocycles. The van der Waals surface area contributed by atoms with Crippen LogP contribution in [0.15, 0.2) is 18.2 Å². The summed E-state index contributed by atoms with van der Waals surface area (Å²) >= 11 is 0. The number of hydrogen-bond donors (Lipinski definition) is 2. The van der Waals surface area contributed by atoms with Crippen LogP contribution in [0, 0.1) is 12.3 Å². The lowest BCUT2D eigenvalue weighted by Crippen LogP contribution is -2.14. The normalized spacial score (nSPS) is 12.2. The summed E-state index contributed by atoms with van der Waals surface area (Å²) < 4.78 is 5.73. The largest absolute Gasteiger partial charge is 0.490 e. The first kappa shape index (κ1) is 11.6. The molecule has 3 nitrogen and oxygen atoms in total. The second-order valence-corrected chi connectivity index (χ2v) is 3.73. The van der Waals surface area contributed by atoms with E-state index in [0.29, 0.717) is 5.56 Å². The molecule has 0 aromatic heterocycles. The first-order chi connectivity index (χ1) is 7.04. The van der Waals surface area contributed by atoms with E-state index in [9.17, 15) is 0 Å². The Kier molecular flexibility index (Phi) is 3.72. The van der Waals surface area contributed by atoms with Gasteiger partial charge in [0.2, 0.25) is 0 Å². The van der Waals surface area contributed by atoms with Crippen LogP contribution >= 0.6 is 0 Å². The first-order valence-corrected chi connectivity index (χ1v) is 5.16. The molecule has 1 aromatic carbocycles. The number of ether oxygens (including phenoxy) is 1. The summed E-state index contributed by atoms with van der Waals surface area (Å²) in [4.78, 5) is 0. The average molecular weight is 206 g/mol. The van der Waals surface area contributed by atoms with Crippen LogP contribution in [0.2, 0.25) is 0 Å². The second-order valence-electron chi connectivity index (χ2n) is 3.73. The Morgan fingerprint density at radius 1 is 1.53 bits per heavy atom. The highest BCUT2D eigenvalue weighted by Crippen LogP contribution is 2.21. The molecule has 1 atom stereocenters. The van der Waals surface area contributed by atoms with Crippen molar-refractivity contribution in [3.63, 3.8) is 0 Å². The van der Waals surface area contributed by atoms with E-state index in [2.05, 4.69) is 6.92 Å². The lowest BCUT2D eigenvalue weighted by Gasteiger charge is -2.15. The third-order valence-corrected chi connectivity index (χ3v) is 2.40. The monoisotopic (exact) mass is 206 g/mol. The van der Waals surface area contributed by atoms with Crippen LogP contribution < -0.4 is 10.5 Å². The SMILES string of the molecule is CCC(C)Oc1cc(C(=N)N)ccc1C. The van der Waals surface area contributed by atoms with Crippen LogP contribution in [0.25, 0.3) is 0 Å². The van der Waals surface area contributed by atoms with Gasteiger partial charge < -0.3 is 10.5 Å². The predicted octanol–water partition coefficient (Wildman–Crippen LogP) is 2.46. The van der Waals surface area contributed by atoms with Gasteiger partial charge in [0.25, 0.3) is 0 Å². The van der Waals surface area contributed by atoms with Gasteiger partial charge in [-0.1, -0.05) is 19.1 Å². The number of rotatable bonds is 4. The molecule has 0 saturated carbocycles.